The molecule has 2 fully saturated rings. The highest BCUT2D eigenvalue weighted by atomic mass is 16.6. The smallest absolute Gasteiger partial charge is 0.309 e. The van der Waals surface area contributed by atoms with E-state index < -0.39 is 0 Å². The Hall–Kier alpha value is -0.530. The van der Waals surface area contributed by atoms with Crippen LogP contribution in [0.25, 0.3) is 0 Å². The Balaban J connectivity index is 1.71. The monoisotopic (exact) mass is 280 g/mol. The molecule has 1 saturated heterocycles. The fourth-order valence-electron chi connectivity index (χ4n) is 4.13. The standard InChI is InChI=1S/C18H32O2/c1-4-5-6-7-8-9-11-18(3)12-10-15-14(2)17(19)20-16(15)13-18/h14-16H,4-13H2,1-3H3. The summed E-state index contributed by atoms with van der Waals surface area (Å²) in [6.07, 6.45) is 13.3. The largest absolute Gasteiger partial charge is 0.462 e. The number of fused-ring (bicyclic) bond motifs is 1. The van der Waals surface area contributed by atoms with E-state index in [0.717, 1.165) is 6.42 Å². The number of hydrogen-bond acceptors (Lipinski definition) is 2. The molecule has 1 aliphatic carbocycles. The lowest BCUT2D eigenvalue weighted by Gasteiger charge is -2.39. The van der Waals surface area contributed by atoms with E-state index in [9.17, 15) is 4.79 Å². The van der Waals surface area contributed by atoms with E-state index in [1.54, 1.807) is 0 Å². The Morgan fingerprint density at radius 1 is 1.20 bits per heavy atom. The molecule has 20 heavy (non-hydrogen) atoms. The normalized spacial score (nSPS) is 36.8. The van der Waals surface area contributed by atoms with Crippen molar-refractivity contribution in [2.45, 2.75) is 91.1 Å². The molecule has 1 heterocycles. The first kappa shape index (κ1) is 15.9. The van der Waals surface area contributed by atoms with Crippen LogP contribution in [0, 0.1) is 17.3 Å². The lowest BCUT2D eigenvalue weighted by molar-refractivity contribution is -0.145. The molecule has 2 nitrogen and oxygen atoms in total. The van der Waals surface area contributed by atoms with Gasteiger partial charge in [-0.15, -0.1) is 0 Å². The predicted molar refractivity (Wildman–Crippen MR) is 82.5 cm³/mol. The number of unbranched alkanes of at least 4 members (excludes halogenated alkanes) is 5. The first-order chi connectivity index (χ1) is 9.56. The van der Waals surface area contributed by atoms with Crippen molar-refractivity contribution in [3.63, 3.8) is 0 Å². The first-order valence-corrected chi connectivity index (χ1v) is 8.76. The van der Waals surface area contributed by atoms with Gasteiger partial charge in [0.25, 0.3) is 0 Å². The van der Waals surface area contributed by atoms with Crippen molar-refractivity contribution >= 4 is 5.97 Å². The summed E-state index contributed by atoms with van der Waals surface area (Å²) in [4.78, 5) is 11.7. The Kier molecular flexibility index (Phi) is 5.51. The van der Waals surface area contributed by atoms with E-state index in [4.69, 9.17) is 4.74 Å². The van der Waals surface area contributed by atoms with Crippen molar-refractivity contribution in [1.82, 2.24) is 0 Å². The fourth-order valence-corrected chi connectivity index (χ4v) is 4.13. The summed E-state index contributed by atoms with van der Waals surface area (Å²) in [5, 5.41) is 0. The zero-order valence-corrected chi connectivity index (χ0v) is 13.6. The zero-order valence-electron chi connectivity index (χ0n) is 13.6. The minimum Gasteiger partial charge on any atom is -0.462 e. The summed E-state index contributed by atoms with van der Waals surface area (Å²) in [7, 11) is 0. The molecule has 0 N–H and O–H groups in total. The number of ether oxygens (including phenoxy) is 1. The summed E-state index contributed by atoms with van der Waals surface area (Å²) in [5.41, 5.74) is 0.413. The molecule has 2 aliphatic rings. The maximum atomic E-state index is 11.7. The molecule has 0 amide bonds. The first-order valence-electron chi connectivity index (χ1n) is 8.76. The van der Waals surface area contributed by atoms with Crippen LogP contribution < -0.4 is 0 Å². The molecule has 0 radical (unpaired) electrons. The van der Waals surface area contributed by atoms with Crippen LogP contribution in [-0.2, 0) is 9.53 Å². The highest BCUT2D eigenvalue weighted by Crippen LogP contribution is 2.48. The van der Waals surface area contributed by atoms with E-state index in [1.165, 1.54) is 57.8 Å². The molecule has 116 valence electrons. The van der Waals surface area contributed by atoms with Crippen LogP contribution in [0.15, 0.2) is 0 Å². The lowest BCUT2D eigenvalue weighted by Crippen LogP contribution is -2.34. The van der Waals surface area contributed by atoms with Gasteiger partial charge in [0.2, 0.25) is 0 Å². The van der Waals surface area contributed by atoms with Gasteiger partial charge in [0, 0.05) is 5.92 Å². The molecule has 2 rings (SSSR count). The van der Waals surface area contributed by atoms with E-state index in [0.29, 0.717) is 11.3 Å². The minimum absolute atomic E-state index is 0.0452. The molecule has 0 spiro atoms. The average molecular weight is 280 g/mol. The predicted octanol–water partition coefficient (Wildman–Crippen LogP) is 5.10. The molecule has 1 aliphatic heterocycles. The van der Waals surface area contributed by atoms with Crippen LogP contribution in [0.1, 0.15) is 85.0 Å². The van der Waals surface area contributed by atoms with E-state index >= 15 is 0 Å². The number of carbonyl (C=O) groups excluding carboxylic acids is 1. The van der Waals surface area contributed by atoms with Gasteiger partial charge >= 0.3 is 5.97 Å². The van der Waals surface area contributed by atoms with Crippen molar-refractivity contribution in [3.05, 3.63) is 0 Å². The molecule has 0 aromatic carbocycles. The van der Waals surface area contributed by atoms with Crippen LogP contribution in [0.5, 0.6) is 0 Å². The van der Waals surface area contributed by atoms with Crippen LogP contribution in [0.2, 0.25) is 0 Å². The van der Waals surface area contributed by atoms with Gasteiger partial charge in [-0.25, -0.2) is 0 Å². The van der Waals surface area contributed by atoms with Gasteiger partial charge in [-0.05, 0) is 31.1 Å². The molecule has 2 heteroatoms. The van der Waals surface area contributed by atoms with Crippen LogP contribution in [0.3, 0.4) is 0 Å². The van der Waals surface area contributed by atoms with Gasteiger partial charge in [0.05, 0.1) is 5.92 Å². The van der Waals surface area contributed by atoms with Gasteiger partial charge < -0.3 is 4.74 Å². The van der Waals surface area contributed by atoms with Crippen LogP contribution in [-0.4, -0.2) is 12.1 Å². The SMILES string of the molecule is CCCCCCCCC1(C)CCC2C(C1)OC(=O)C2C. The summed E-state index contributed by atoms with van der Waals surface area (Å²) in [5.74, 6) is 0.683. The molecule has 4 unspecified atom stereocenters. The van der Waals surface area contributed by atoms with Gasteiger partial charge in [0.1, 0.15) is 6.10 Å². The third-order valence-corrected chi connectivity index (χ3v) is 5.67. The maximum absolute atomic E-state index is 11.7. The topological polar surface area (TPSA) is 26.3 Å². The summed E-state index contributed by atoms with van der Waals surface area (Å²) in [6.45, 7) is 6.72. The fraction of sp³-hybridized carbons (Fsp3) is 0.944. The van der Waals surface area contributed by atoms with Gasteiger partial charge in [-0.1, -0.05) is 59.3 Å². The summed E-state index contributed by atoms with van der Waals surface area (Å²) >= 11 is 0. The molecule has 1 saturated carbocycles. The van der Waals surface area contributed by atoms with Gasteiger partial charge in [-0.2, -0.15) is 0 Å². The molecule has 0 aromatic rings. The number of hydrogen-bond donors (Lipinski definition) is 0. The summed E-state index contributed by atoms with van der Waals surface area (Å²) in [6, 6.07) is 0. The van der Waals surface area contributed by atoms with Gasteiger partial charge in [-0.3, -0.25) is 4.79 Å². The van der Waals surface area contributed by atoms with E-state index in [-0.39, 0.29) is 18.0 Å². The number of rotatable bonds is 7. The maximum Gasteiger partial charge on any atom is 0.309 e. The molecular weight excluding hydrogens is 248 g/mol. The highest BCUT2D eigenvalue weighted by molar-refractivity contribution is 5.74. The lowest BCUT2D eigenvalue weighted by atomic mass is 9.66. The van der Waals surface area contributed by atoms with Crippen molar-refractivity contribution in [1.29, 1.82) is 0 Å². The van der Waals surface area contributed by atoms with Crippen molar-refractivity contribution in [3.8, 4) is 0 Å². The van der Waals surface area contributed by atoms with E-state index in [2.05, 4.69) is 13.8 Å². The van der Waals surface area contributed by atoms with E-state index in [1.807, 2.05) is 6.92 Å². The third-order valence-electron chi connectivity index (χ3n) is 5.67. The average Bonchev–Trinajstić information content (AvgIpc) is 2.68. The van der Waals surface area contributed by atoms with Crippen molar-refractivity contribution in [2.24, 2.45) is 17.3 Å². The Morgan fingerprint density at radius 2 is 1.90 bits per heavy atom. The Morgan fingerprint density at radius 3 is 2.65 bits per heavy atom. The molecule has 0 bridgehead atoms. The molecule has 0 aromatic heterocycles. The second-order valence-electron chi connectivity index (χ2n) is 7.50. The minimum atomic E-state index is 0.0452. The molecule has 4 atom stereocenters. The number of carbonyl (C=O) groups is 1. The Bertz CT molecular complexity index is 325. The number of esters is 1. The van der Waals surface area contributed by atoms with Crippen LogP contribution in [0.4, 0.5) is 0 Å². The second-order valence-corrected chi connectivity index (χ2v) is 7.50. The third kappa shape index (κ3) is 3.77. The summed E-state index contributed by atoms with van der Waals surface area (Å²) < 4.78 is 5.59. The Labute approximate surface area is 124 Å². The molecular formula is C18H32O2. The van der Waals surface area contributed by atoms with Gasteiger partial charge in [0.15, 0.2) is 0 Å². The second kappa shape index (κ2) is 6.95. The van der Waals surface area contributed by atoms with Crippen molar-refractivity contribution in [2.75, 3.05) is 0 Å². The van der Waals surface area contributed by atoms with Crippen LogP contribution >= 0.6 is 0 Å². The van der Waals surface area contributed by atoms with Crippen molar-refractivity contribution < 1.29 is 9.53 Å². The zero-order chi connectivity index (χ0) is 14.6. The quantitative estimate of drug-likeness (QED) is 0.479. The highest BCUT2D eigenvalue weighted by Gasteiger charge is 2.48.